The minimum atomic E-state index is -0.263. The van der Waals surface area contributed by atoms with Crippen LogP contribution in [0, 0.1) is 0 Å². The van der Waals surface area contributed by atoms with Gasteiger partial charge in [0.2, 0.25) is 0 Å². The van der Waals surface area contributed by atoms with Gasteiger partial charge in [0.25, 0.3) is 5.91 Å². The molecule has 1 heterocycles. The van der Waals surface area contributed by atoms with Crippen molar-refractivity contribution in [3.63, 3.8) is 0 Å². The summed E-state index contributed by atoms with van der Waals surface area (Å²) in [6, 6.07) is 16.8. The van der Waals surface area contributed by atoms with E-state index < -0.39 is 0 Å². The summed E-state index contributed by atoms with van der Waals surface area (Å²) in [6.45, 7) is 0. The van der Waals surface area contributed by atoms with Gasteiger partial charge in [-0.15, -0.1) is 0 Å². The lowest BCUT2D eigenvalue weighted by Crippen LogP contribution is -2.42. The summed E-state index contributed by atoms with van der Waals surface area (Å²) in [6.07, 6.45) is 4.48. The van der Waals surface area contributed by atoms with E-state index in [9.17, 15) is 4.79 Å². The molecule has 1 spiro atoms. The molecule has 1 aliphatic heterocycles. The number of hydrogen-bond donors (Lipinski definition) is 0. The van der Waals surface area contributed by atoms with Crippen molar-refractivity contribution in [3.05, 3.63) is 70.8 Å². The maximum atomic E-state index is 12.7. The lowest BCUT2D eigenvalue weighted by Gasteiger charge is -2.38. The molecule has 0 radical (unpaired) electrons. The number of rotatable bonds is 0. The Bertz CT molecular complexity index is 721. The fourth-order valence-corrected chi connectivity index (χ4v) is 4.17. The van der Waals surface area contributed by atoms with Crippen LogP contribution in [-0.2, 0) is 12.0 Å². The zero-order valence-corrected chi connectivity index (χ0v) is 12.3. The normalized spacial score (nSPS) is 23.9. The van der Waals surface area contributed by atoms with Crippen LogP contribution in [0.1, 0.15) is 46.3 Å². The Morgan fingerprint density at radius 3 is 2.52 bits per heavy atom. The molecule has 1 atom stereocenters. The molecule has 2 nitrogen and oxygen atoms in total. The molecule has 0 fully saturated rings. The van der Waals surface area contributed by atoms with E-state index in [1.807, 2.05) is 24.1 Å². The molecule has 2 heteroatoms. The molecular weight excluding hydrogens is 258 g/mol. The first-order valence-electron chi connectivity index (χ1n) is 7.71. The van der Waals surface area contributed by atoms with Gasteiger partial charge in [-0.25, -0.2) is 0 Å². The first-order valence-corrected chi connectivity index (χ1v) is 7.71. The van der Waals surface area contributed by atoms with Gasteiger partial charge in [0.15, 0.2) is 0 Å². The van der Waals surface area contributed by atoms with Crippen molar-refractivity contribution >= 4 is 5.91 Å². The van der Waals surface area contributed by atoms with Gasteiger partial charge in [-0.2, -0.15) is 0 Å². The first kappa shape index (κ1) is 12.6. The van der Waals surface area contributed by atoms with Crippen molar-refractivity contribution in [1.82, 2.24) is 4.90 Å². The summed E-state index contributed by atoms with van der Waals surface area (Å²) >= 11 is 0. The van der Waals surface area contributed by atoms with E-state index in [1.165, 1.54) is 23.1 Å². The van der Waals surface area contributed by atoms with Gasteiger partial charge >= 0.3 is 0 Å². The zero-order chi connectivity index (χ0) is 14.4. The van der Waals surface area contributed by atoms with E-state index in [4.69, 9.17) is 0 Å². The van der Waals surface area contributed by atoms with Crippen LogP contribution in [-0.4, -0.2) is 17.9 Å². The fourth-order valence-electron chi connectivity index (χ4n) is 4.17. The fraction of sp³-hybridized carbons (Fsp3) is 0.316. The van der Waals surface area contributed by atoms with Gasteiger partial charge in [0.1, 0.15) is 0 Å². The monoisotopic (exact) mass is 277 g/mol. The molecule has 2 aliphatic rings. The van der Waals surface area contributed by atoms with E-state index in [1.54, 1.807) is 0 Å². The summed E-state index contributed by atoms with van der Waals surface area (Å²) in [5.41, 5.74) is 4.51. The summed E-state index contributed by atoms with van der Waals surface area (Å²) in [4.78, 5) is 14.7. The van der Waals surface area contributed by atoms with Crippen LogP contribution >= 0.6 is 0 Å². The Morgan fingerprint density at radius 2 is 1.67 bits per heavy atom. The third-order valence-electron chi connectivity index (χ3n) is 5.18. The molecular formula is C19H19NO. The molecule has 1 aliphatic carbocycles. The number of aryl methyl sites for hydroxylation is 1. The Labute approximate surface area is 125 Å². The van der Waals surface area contributed by atoms with Crippen LogP contribution in [0.15, 0.2) is 48.5 Å². The van der Waals surface area contributed by atoms with E-state index in [0.29, 0.717) is 0 Å². The predicted molar refractivity (Wildman–Crippen MR) is 83.3 cm³/mol. The van der Waals surface area contributed by atoms with Crippen LogP contribution in [0.5, 0.6) is 0 Å². The minimum absolute atomic E-state index is 0.155. The summed E-state index contributed by atoms with van der Waals surface area (Å²) in [7, 11) is 1.96. The van der Waals surface area contributed by atoms with Gasteiger partial charge in [0, 0.05) is 12.6 Å². The number of benzene rings is 2. The number of fused-ring (bicyclic) bond motifs is 4. The first-order chi connectivity index (χ1) is 10.2. The summed E-state index contributed by atoms with van der Waals surface area (Å²) in [5, 5.41) is 0. The van der Waals surface area contributed by atoms with Crippen molar-refractivity contribution < 1.29 is 4.79 Å². The van der Waals surface area contributed by atoms with E-state index >= 15 is 0 Å². The molecule has 0 aromatic heterocycles. The van der Waals surface area contributed by atoms with Crippen LogP contribution in [0.3, 0.4) is 0 Å². The van der Waals surface area contributed by atoms with E-state index in [2.05, 4.69) is 36.4 Å². The van der Waals surface area contributed by atoms with Crippen molar-refractivity contribution in [3.8, 4) is 0 Å². The summed E-state index contributed by atoms with van der Waals surface area (Å²) in [5.74, 6) is 0.155. The van der Waals surface area contributed by atoms with Crippen LogP contribution in [0.2, 0.25) is 0 Å². The molecule has 21 heavy (non-hydrogen) atoms. The zero-order valence-electron chi connectivity index (χ0n) is 12.3. The Balaban J connectivity index is 2.05. The number of carbonyl (C=O) groups is 1. The van der Waals surface area contributed by atoms with E-state index in [-0.39, 0.29) is 11.4 Å². The average Bonchev–Trinajstić information content (AvgIpc) is 2.68. The molecule has 2 aromatic rings. The highest BCUT2D eigenvalue weighted by atomic mass is 16.2. The van der Waals surface area contributed by atoms with Crippen LogP contribution < -0.4 is 0 Å². The van der Waals surface area contributed by atoms with Crippen LogP contribution in [0.4, 0.5) is 0 Å². The smallest absolute Gasteiger partial charge is 0.254 e. The third kappa shape index (κ3) is 1.56. The average molecular weight is 277 g/mol. The van der Waals surface area contributed by atoms with Crippen LogP contribution in [0.25, 0.3) is 0 Å². The molecule has 0 bridgehead atoms. The number of carbonyl (C=O) groups excluding carboxylic acids is 1. The standard InChI is InChI=1S/C19H19NO/c1-20-18(21)15-10-3-5-12-17(15)19(20)13-7-6-9-14-8-2-4-11-16(14)19/h2-5,8,10-12H,6-7,9,13H2,1H3/t19-/m1/s1. The molecule has 4 rings (SSSR count). The molecule has 0 unspecified atom stereocenters. The van der Waals surface area contributed by atoms with E-state index in [0.717, 1.165) is 24.8 Å². The predicted octanol–water partition coefficient (Wildman–Crippen LogP) is 3.74. The van der Waals surface area contributed by atoms with Gasteiger partial charge in [-0.05, 0) is 42.0 Å². The Kier molecular flexibility index (Phi) is 2.68. The largest absolute Gasteiger partial charge is 0.328 e. The maximum absolute atomic E-state index is 12.7. The molecule has 0 saturated heterocycles. The highest BCUT2D eigenvalue weighted by molar-refractivity contribution is 6.00. The quantitative estimate of drug-likeness (QED) is 0.718. The maximum Gasteiger partial charge on any atom is 0.254 e. The van der Waals surface area contributed by atoms with Crippen molar-refractivity contribution in [2.45, 2.75) is 31.2 Å². The molecule has 106 valence electrons. The molecule has 2 aromatic carbocycles. The second-order valence-electron chi connectivity index (χ2n) is 6.13. The van der Waals surface area contributed by atoms with Crippen molar-refractivity contribution in [2.75, 3.05) is 7.05 Å². The lowest BCUT2D eigenvalue weighted by atomic mass is 9.78. The Hall–Kier alpha value is -2.09. The third-order valence-corrected chi connectivity index (χ3v) is 5.18. The molecule has 1 amide bonds. The highest BCUT2D eigenvalue weighted by Gasteiger charge is 2.49. The SMILES string of the molecule is CN1C(=O)c2ccccc2[C@]12CCCCc1ccccc12. The lowest BCUT2D eigenvalue weighted by molar-refractivity contribution is 0.0680. The molecule has 0 N–H and O–H groups in total. The number of nitrogens with zero attached hydrogens (tertiary/aromatic N) is 1. The van der Waals surface area contributed by atoms with Gasteiger partial charge < -0.3 is 4.90 Å². The number of hydrogen-bond acceptors (Lipinski definition) is 1. The second kappa shape index (κ2) is 4.45. The number of amides is 1. The summed E-state index contributed by atoms with van der Waals surface area (Å²) < 4.78 is 0. The van der Waals surface area contributed by atoms with Gasteiger partial charge in [-0.1, -0.05) is 48.9 Å². The van der Waals surface area contributed by atoms with Gasteiger partial charge in [0.05, 0.1) is 5.54 Å². The molecule has 0 saturated carbocycles. The van der Waals surface area contributed by atoms with Crippen molar-refractivity contribution in [1.29, 1.82) is 0 Å². The highest BCUT2D eigenvalue weighted by Crippen LogP contribution is 2.49. The van der Waals surface area contributed by atoms with Gasteiger partial charge in [-0.3, -0.25) is 4.79 Å². The minimum Gasteiger partial charge on any atom is -0.328 e. The topological polar surface area (TPSA) is 20.3 Å². The Morgan fingerprint density at radius 1 is 0.952 bits per heavy atom. The van der Waals surface area contributed by atoms with Crippen molar-refractivity contribution in [2.24, 2.45) is 0 Å². The second-order valence-corrected chi connectivity index (χ2v) is 6.13.